The van der Waals surface area contributed by atoms with E-state index in [0.717, 1.165) is 28.1 Å². The summed E-state index contributed by atoms with van der Waals surface area (Å²) < 4.78 is 5.61. The minimum Gasteiger partial charge on any atom is -0.392 e. The molecule has 0 spiro atoms. The third-order valence-electron chi connectivity index (χ3n) is 6.37. The van der Waals surface area contributed by atoms with Crippen LogP contribution in [0.2, 0.25) is 5.02 Å². The third kappa shape index (κ3) is 3.99. The molecule has 6 rings (SSSR count). The molecule has 1 N–H and O–H groups in total. The van der Waals surface area contributed by atoms with Crippen LogP contribution >= 0.6 is 11.6 Å². The average Bonchev–Trinajstić information content (AvgIpc) is 3.25. The van der Waals surface area contributed by atoms with Gasteiger partial charge >= 0.3 is 0 Å². The van der Waals surface area contributed by atoms with Crippen molar-refractivity contribution >= 4 is 28.5 Å². The van der Waals surface area contributed by atoms with E-state index in [1.54, 1.807) is 29.5 Å². The standard InChI is InChI=1S/C25H23ClN6O2/c26-20-5-6-30-15-27-22(23(30)8-20)3-4-24(34)19-9-28-32(11-19)13-21-12-31-10-17(16-1-2-16)7-18(14-33)25(31)29-21/h5-12,15-16,33H,1-4,13-14H2. The number of nitrogens with zero attached hydrogens (tertiary/aromatic N) is 6. The Bertz CT molecular complexity index is 1530. The predicted molar refractivity (Wildman–Crippen MR) is 127 cm³/mol. The first-order valence-electron chi connectivity index (χ1n) is 11.4. The van der Waals surface area contributed by atoms with Gasteiger partial charge in [0, 0.05) is 41.8 Å². The Labute approximate surface area is 200 Å². The maximum atomic E-state index is 12.8. The van der Waals surface area contributed by atoms with Crippen molar-refractivity contribution in [3.8, 4) is 0 Å². The van der Waals surface area contributed by atoms with Crippen LogP contribution in [-0.4, -0.2) is 39.4 Å². The van der Waals surface area contributed by atoms with Gasteiger partial charge in [-0.25, -0.2) is 9.97 Å². The number of aryl methyl sites for hydroxylation is 1. The molecule has 5 aromatic heterocycles. The van der Waals surface area contributed by atoms with Gasteiger partial charge in [0.05, 0.1) is 48.1 Å². The van der Waals surface area contributed by atoms with Crippen LogP contribution in [0.25, 0.3) is 11.2 Å². The van der Waals surface area contributed by atoms with Crippen LogP contribution in [0.15, 0.2) is 55.5 Å². The second-order valence-corrected chi connectivity index (χ2v) is 9.31. The van der Waals surface area contributed by atoms with E-state index in [-0.39, 0.29) is 12.4 Å². The third-order valence-corrected chi connectivity index (χ3v) is 6.60. The molecule has 0 radical (unpaired) electrons. The number of carbonyl (C=O) groups excluding carboxylic acids is 1. The monoisotopic (exact) mass is 474 g/mol. The normalized spacial score (nSPS) is 13.8. The zero-order chi connectivity index (χ0) is 23.2. The summed E-state index contributed by atoms with van der Waals surface area (Å²) in [7, 11) is 0. The zero-order valence-electron chi connectivity index (χ0n) is 18.4. The molecular weight excluding hydrogens is 452 g/mol. The molecule has 172 valence electrons. The van der Waals surface area contributed by atoms with Gasteiger partial charge < -0.3 is 13.9 Å². The van der Waals surface area contributed by atoms with Crippen molar-refractivity contribution in [3.05, 3.63) is 88.6 Å². The second kappa shape index (κ2) is 8.38. The molecule has 0 aromatic carbocycles. The van der Waals surface area contributed by atoms with Crippen LogP contribution < -0.4 is 0 Å². The summed E-state index contributed by atoms with van der Waals surface area (Å²) in [6.07, 6.45) is 14.3. The van der Waals surface area contributed by atoms with Gasteiger partial charge in [0.25, 0.3) is 0 Å². The van der Waals surface area contributed by atoms with Gasteiger partial charge in [-0.2, -0.15) is 5.10 Å². The molecule has 0 bridgehead atoms. The number of pyridine rings is 2. The minimum atomic E-state index is -0.0425. The lowest BCUT2D eigenvalue weighted by atomic mass is 10.1. The maximum Gasteiger partial charge on any atom is 0.166 e. The fourth-order valence-corrected chi connectivity index (χ4v) is 4.58. The van der Waals surface area contributed by atoms with E-state index in [0.29, 0.717) is 35.9 Å². The quantitative estimate of drug-likeness (QED) is 0.342. The Morgan fingerprint density at radius 3 is 2.88 bits per heavy atom. The lowest BCUT2D eigenvalue weighted by Gasteiger charge is -2.04. The topological polar surface area (TPSA) is 89.7 Å². The van der Waals surface area contributed by atoms with Crippen molar-refractivity contribution in [2.45, 2.75) is 44.8 Å². The van der Waals surface area contributed by atoms with E-state index in [1.165, 1.54) is 18.4 Å². The highest BCUT2D eigenvalue weighted by molar-refractivity contribution is 6.30. The summed E-state index contributed by atoms with van der Waals surface area (Å²) in [6.45, 7) is 0.405. The second-order valence-electron chi connectivity index (χ2n) is 8.87. The molecule has 9 heteroatoms. The number of fused-ring (bicyclic) bond motifs is 2. The van der Waals surface area contributed by atoms with Gasteiger partial charge in [-0.15, -0.1) is 0 Å². The first kappa shape index (κ1) is 21.1. The van der Waals surface area contributed by atoms with Crippen LogP contribution in [0.5, 0.6) is 0 Å². The molecule has 1 aliphatic rings. The number of aliphatic hydroxyl groups is 1. The molecular formula is C25H23ClN6O2. The molecule has 1 fully saturated rings. The summed E-state index contributed by atoms with van der Waals surface area (Å²) in [5.74, 6) is 0.610. The Kier molecular flexibility index (Phi) is 5.19. The number of ketones is 1. The molecule has 8 nitrogen and oxygen atoms in total. The number of Topliss-reactive ketones (excluding diaryl/α,β-unsaturated/α-hetero) is 1. The largest absolute Gasteiger partial charge is 0.392 e. The number of halogens is 1. The summed E-state index contributed by atoms with van der Waals surface area (Å²) in [5, 5.41) is 14.8. The molecule has 0 saturated heterocycles. The smallest absolute Gasteiger partial charge is 0.166 e. The van der Waals surface area contributed by atoms with Crippen LogP contribution in [-0.2, 0) is 19.6 Å². The van der Waals surface area contributed by atoms with Crippen LogP contribution in [0.1, 0.15) is 58.1 Å². The molecule has 1 saturated carbocycles. The molecule has 1 aliphatic carbocycles. The Balaban J connectivity index is 1.16. The highest BCUT2D eigenvalue weighted by atomic mass is 35.5. The molecule has 0 atom stereocenters. The Hall–Kier alpha value is -3.49. The fraction of sp³-hybridized carbons (Fsp3) is 0.280. The first-order valence-corrected chi connectivity index (χ1v) is 11.7. The highest BCUT2D eigenvalue weighted by Gasteiger charge is 2.25. The number of carbonyl (C=O) groups is 1. The Morgan fingerprint density at radius 1 is 1.18 bits per heavy atom. The summed E-state index contributed by atoms with van der Waals surface area (Å²) in [5.41, 5.74) is 6.00. The minimum absolute atomic E-state index is 0.0149. The van der Waals surface area contributed by atoms with Crippen molar-refractivity contribution in [3.63, 3.8) is 0 Å². The van der Waals surface area contributed by atoms with Gasteiger partial charge in [-0.1, -0.05) is 11.6 Å². The highest BCUT2D eigenvalue weighted by Crippen LogP contribution is 2.40. The number of imidazole rings is 2. The summed E-state index contributed by atoms with van der Waals surface area (Å²) in [4.78, 5) is 21.9. The van der Waals surface area contributed by atoms with Crippen molar-refractivity contribution in [1.29, 1.82) is 0 Å². The van der Waals surface area contributed by atoms with E-state index in [4.69, 9.17) is 16.6 Å². The van der Waals surface area contributed by atoms with Gasteiger partial charge in [-0.05, 0) is 48.9 Å². The number of aliphatic hydroxyl groups excluding tert-OH is 1. The van der Waals surface area contributed by atoms with E-state index in [1.807, 2.05) is 27.3 Å². The summed E-state index contributed by atoms with van der Waals surface area (Å²) >= 11 is 6.10. The maximum absolute atomic E-state index is 12.8. The van der Waals surface area contributed by atoms with Crippen molar-refractivity contribution in [2.24, 2.45) is 0 Å². The predicted octanol–water partition coefficient (Wildman–Crippen LogP) is 4.07. The van der Waals surface area contributed by atoms with Gasteiger partial charge in [-0.3, -0.25) is 9.48 Å². The van der Waals surface area contributed by atoms with Crippen molar-refractivity contribution in [1.82, 2.24) is 28.5 Å². The van der Waals surface area contributed by atoms with E-state index >= 15 is 0 Å². The average molecular weight is 475 g/mol. The molecule has 0 unspecified atom stereocenters. The molecule has 0 aliphatic heterocycles. The first-order chi connectivity index (χ1) is 16.6. The fourth-order valence-electron chi connectivity index (χ4n) is 4.42. The van der Waals surface area contributed by atoms with Crippen LogP contribution in [0.4, 0.5) is 0 Å². The molecule has 5 heterocycles. The summed E-state index contributed by atoms with van der Waals surface area (Å²) in [6, 6.07) is 5.72. The molecule has 5 aromatic rings. The van der Waals surface area contributed by atoms with Crippen LogP contribution in [0.3, 0.4) is 0 Å². The van der Waals surface area contributed by atoms with Crippen LogP contribution in [0, 0.1) is 0 Å². The zero-order valence-corrected chi connectivity index (χ0v) is 19.2. The van der Waals surface area contributed by atoms with E-state index in [2.05, 4.69) is 22.3 Å². The lowest BCUT2D eigenvalue weighted by molar-refractivity contribution is 0.0982. The number of aromatic nitrogens is 6. The number of hydrogen-bond acceptors (Lipinski definition) is 5. The SMILES string of the molecule is O=C(CCc1ncn2ccc(Cl)cc12)c1cnn(Cc2cn3cc(C4CC4)cc(CO)c3n2)c1. The van der Waals surface area contributed by atoms with Crippen molar-refractivity contribution < 1.29 is 9.90 Å². The number of hydrogen-bond donors (Lipinski definition) is 1. The van der Waals surface area contributed by atoms with Crippen molar-refractivity contribution in [2.75, 3.05) is 0 Å². The molecule has 34 heavy (non-hydrogen) atoms. The van der Waals surface area contributed by atoms with E-state index in [9.17, 15) is 9.90 Å². The van der Waals surface area contributed by atoms with E-state index < -0.39 is 0 Å². The molecule has 0 amide bonds. The van der Waals surface area contributed by atoms with Gasteiger partial charge in [0.2, 0.25) is 0 Å². The van der Waals surface area contributed by atoms with Gasteiger partial charge in [0.1, 0.15) is 5.65 Å². The Morgan fingerprint density at radius 2 is 2.06 bits per heavy atom. The number of rotatable bonds is 8. The van der Waals surface area contributed by atoms with Gasteiger partial charge in [0.15, 0.2) is 5.78 Å². The lowest BCUT2D eigenvalue weighted by Crippen LogP contribution is -2.02.